The number of nitrogen functional groups attached to an aromatic ring is 1. The van der Waals surface area contributed by atoms with E-state index < -0.39 is 5.97 Å². The summed E-state index contributed by atoms with van der Waals surface area (Å²) in [4.78, 5) is 22.1. The molecule has 0 aliphatic heterocycles. The lowest BCUT2D eigenvalue weighted by Crippen LogP contribution is -2.13. The molecule has 1 atom stereocenters. The number of aromatic nitrogens is 2. The van der Waals surface area contributed by atoms with Crippen LogP contribution in [0.15, 0.2) is 24.5 Å². The van der Waals surface area contributed by atoms with Gasteiger partial charge in [-0.2, -0.15) is 0 Å². The molecule has 0 saturated carbocycles. The number of carboxylic acids is 1. The van der Waals surface area contributed by atoms with Gasteiger partial charge in [0, 0.05) is 34.5 Å². The van der Waals surface area contributed by atoms with E-state index >= 15 is 0 Å². The number of nitrogens with zero attached hydrogens (tertiary/aromatic N) is 2. The number of thiophene rings is 1. The smallest absolute Gasteiger partial charge is 0.303 e. The number of rotatable bonds is 8. The fourth-order valence-corrected chi connectivity index (χ4v) is 5.44. The Labute approximate surface area is 178 Å². The summed E-state index contributed by atoms with van der Waals surface area (Å²) >= 11 is 1.74. The molecule has 2 aromatic heterocycles. The van der Waals surface area contributed by atoms with Crippen molar-refractivity contribution >= 4 is 50.9 Å². The number of anilines is 3. The van der Waals surface area contributed by atoms with Gasteiger partial charge in [-0.1, -0.05) is 12.8 Å². The lowest BCUT2D eigenvalue weighted by molar-refractivity contribution is -0.137. The van der Waals surface area contributed by atoms with Gasteiger partial charge in [-0.05, 0) is 55.4 Å². The van der Waals surface area contributed by atoms with E-state index in [9.17, 15) is 4.79 Å². The highest BCUT2D eigenvalue weighted by Crippen LogP contribution is 2.41. The third kappa shape index (κ3) is 4.28. The lowest BCUT2D eigenvalue weighted by atomic mass is 9.84. The van der Waals surface area contributed by atoms with E-state index in [1.807, 2.05) is 12.1 Å². The third-order valence-corrected chi connectivity index (χ3v) is 6.87. The Balaban J connectivity index is 1.54. The maximum absolute atomic E-state index is 10.7. The normalized spacial score (nSPS) is 15.7. The number of hydrogen-bond donors (Lipinski definition) is 4. The van der Waals surface area contributed by atoms with Crippen molar-refractivity contribution in [1.82, 2.24) is 9.97 Å². The molecule has 0 spiro atoms. The first-order valence-electron chi connectivity index (χ1n) is 10.2. The van der Waals surface area contributed by atoms with Crippen molar-refractivity contribution in [3.05, 3.63) is 40.5 Å². The molecular weight excluding hydrogens is 398 g/mol. The number of nitrogens with two attached hydrogens (primary N) is 1. The molecule has 0 radical (unpaired) electrons. The van der Waals surface area contributed by atoms with Gasteiger partial charge in [0.15, 0.2) is 0 Å². The standard InChI is InChI=1S/C22H25N5O2S/c23-11-14-10-15(6-8-17(14)24)27-21-20-16-7-5-13(3-1-2-4-19(28)29)9-18(16)30-22(20)26-12-25-21/h6,8,10-13,23H,1-5,7,9,24H2,(H,28,29)(H,25,26,27). The van der Waals surface area contributed by atoms with E-state index in [0.29, 0.717) is 17.2 Å². The van der Waals surface area contributed by atoms with Crippen LogP contribution >= 0.6 is 11.3 Å². The average Bonchev–Trinajstić information content (AvgIpc) is 3.11. The van der Waals surface area contributed by atoms with Crippen LogP contribution in [0.2, 0.25) is 0 Å². The molecule has 156 valence electrons. The highest BCUT2D eigenvalue weighted by molar-refractivity contribution is 7.19. The largest absolute Gasteiger partial charge is 0.481 e. The Hall–Kier alpha value is -3.00. The summed E-state index contributed by atoms with van der Waals surface area (Å²) in [5.74, 6) is 0.687. The molecule has 4 rings (SSSR count). The van der Waals surface area contributed by atoms with Gasteiger partial charge in [-0.3, -0.25) is 4.79 Å². The quantitative estimate of drug-likeness (QED) is 0.235. The maximum atomic E-state index is 10.7. The van der Waals surface area contributed by atoms with Gasteiger partial charge in [0.05, 0.1) is 5.39 Å². The second-order valence-electron chi connectivity index (χ2n) is 7.77. The molecule has 0 fully saturated rings. The Morgan fingerprint density at radius 2 is 2.23 bits per heavy atom. The zero-order valence-corrected chi connectivity index (χ0v) is 17.5. The first kappa shape index (κ1) is 20.3. The summed E-state index contributed by atoms with van der Waals surface area (Å²) in [6.07, 6.45) is 9.04. The van der Waals surface area contributed by atoms with Crippen molar-refractivity contribution in [2.45, 2.75) is 44.9 Å². The summed E-state index contributed by atoms with van der Waals surface area (Å²) < 4.78 is 0. The zero-order valence-electron chi connectivity index (χ0n) is 16.6. The van der Waals surface area contributed by atoms with Crippen LogP contribution in [0.5, 0.6) is 0 Å². The molecule has 2 heterocycles. The highest BCUT2D eigenvalue weighted by Gasteiger charge is 2.25. The van der Waals surface area contributed by atoms with Gasteiger partial charge >= 0.3 is 5.97 Å². The summed E-state index contributed by atoms with van der Waals surface area (Å²) in [7, 11) is 0. The molecule has 5 N–H and O–H groups in total. The summed E-state index contributed by atoms with van der Waals surface area (Å²) in [5, 5.41) is 20.8. The molecule has 30 heavy (non-hydrogen) atoms. The summed E-state index contributed by atoms with van der Waals surface area (Å²) in [6.45, 7) is 0. The molecule has 8 heteroatoms. The first-order chi connectivity index (χ1) is 14.5. The number of hydrogen-bond acceptors (Lipinski definition) is 7. The van der Waals surface area contributed by atoms with Gasteiger partial charge in [0.1, 0.15) is 17.0 Å². The summed E-state index contributed by atoms with van der Waals surface area (Å²) in [6, 6.07) is 5.53. The molecule has 0 saturated heterocycles. The minimum Gasteiger partial charge on any atom is -0.481 e. The van der Waals surface area contributed by atoms with Crippen molar-refractivity contribution < 1.29 is 9.90 Å². The second-order valence-corrected chi connectivity index (χ2v) is 8.85. The lowest BCUT2D eigenvalue weighted by Gasteiger charge is -2.22. The van der Waals surface area contributed by atoms with Crippen molar-refractivity contribution in [1.29, 1.82) is 5.41 Å². The molecule has 7 nitrogen and oxygen atoms in total. The van der Waals surface area contributed by atoms with Crippen LogP contribution in [0.1, 0.15) is 48.1 Å². The zero-order chi connectivity index (χ0) is 21.1. The number of nitrogens with one attached hydrogen (secondary N) is 2. The molecule has 1 aliphatic rings. The second kappa shape index (κ2) is 8.79. The van der Waals surface area contributed by atoms with E-state index in [1.54, 1.807) is 23.7 Å². The van der Waals surface area contributed by atoms with Gasteiger partial charge in [0.25, 0.3) is 0 Å². The molecule has 0 amide bonds. The Morgan fingerprint density at radius 1 is 1.37 bits per heavy atom. The number of carboxylic acid groups (broad SMARTS) is 1. The average molecular weight is 424 g/mol. The molecule has 1 aliphatic carbocycles. The number of fused-ring (bicyclic) bond motifs is 3. The van der Waals surface area contributed by atoms with E-state index in [1.165, 1.54) is 16.7 Å². The van der Waals surface area contributed by atoms with Crippen LogP contribution in [0.4, 0.5) is 17.2 Å². The van der Waals surface area contributed by atoms with Crippen molar-refractivity contribution in [3.8, 4) is 0 Å². The number of benzene rings is 1. The maximum Gasteiger partial charge on any atom is 0.303 e. The molecule has 1 unspecified atom stereocenters. The van der Waals surface area contributed by atoms with Crippen molar-refractivity contribution in [2.75, 3.05) is 11.1 Å². The Morgan fingerprint density at radius 3 is 3.03 bits per heavy atom. The minimum absolute atomic E-state index is 0.260. The monoisotopic (exact) mass is 423 g/mol. The first-order valence-corrected chi connectivity index (χ1v) is 11.0. The van der Waals surface area contributed by atoms with Gasteiger partial charge in [-0.25, -0.2) is 9.97 Å². The van der Waals surface area contributed by atoms with Crippen LogP contribution in [0, 0.1) is 11.3 Å². The van der Waals surface area contributed by atoms with E-state index in [0.717, 1.165) is 60.2 Å². The van der Waals surface area contributed by atoms with Crippen molar-refractivity contribution in [3.63, 3.8) is 0 Å². The fraction of sp³-hybridized carbons (Fsp3) is 0.364. The predicted molar refractivity (Wildman–Crippen MR) is 121 cm³/mol. The Kier molecular flexibility index (Phi) is 5.94. The number of aryl methyl sites for hydroxylation is 1. The number of unbranched alkanes of at least 4 members (excludes halogenated alkanes) is 1. The molecule has 1 aromatic carbocycles. The van der Waals surface area contributed by atoms with Crippen LogP contribution in [-0.2, 0) is 17.6 Å². The number of aliphatic carboxylic acids is 1. The van der Waals surface area contributed by atoms with Crippen molar-refractivity contribution in [2.24, 2.45) is 5.92 Å². The fourth-order valence-electron chi connectivity index (χ4n) is 4.14. The van der Waals surface area contributed by atoms with Gasteiger partial charge < -0.3 is 21.6 Å². The van der Waals surface area contributed by atoms with Crippen LogP contribution < -0.4 is 11.1 Å². The van der Waals surface area contributed by atoms with Gasteiger partial charge in [0.2, 0.25) is 0 Å². The van der Waals surface area contributed by atoms with Gasteiger partial charge in [-0.15, -0.1) is 11.3 Å². The van der Waals surface area contributed by atoms with E-state index in [4.69, 9.17) is 16.2 Å². The van der Waals surface area contributed by atoms with E-state index in [-0.39, 0.29) is 6.42 Å². The molecule has 0 bridgehead atoms. The highest BCUT2D eigenvalue weighted by atomic mass is 32.1. The van der Waals surface area contributed by atoms with E-state index in [2.05, 4.69) is 15.3 Å². The molecule has 3 aromatic rings. The predicted octanol–water partition coefficient (Wildman–Crippen LogP) is 4.76. The third-order valence-electron chi connectivity index (χ3n) is 5.71. The van der Waals surface area contributed by atoms with Crippen LogP contribution in [0.25, 0.3) is 10.2 Å². The minimum atomic E-state index is -0.710. The molecular formula is C22H25N5O2S. The Bertz CT molecular complexity index is 1090. The SMILES string of the molecule is N=Cc1cc(Nc2ncnc3sc4c(c23)CCC(CCCCC(=O)O)C4)ccc1N. The topological polar surface area (TPSA) is 125 Å². The van der Waals surface area contributed by atoms with Crippen LogP contribution in [-0.4, -0.2) is 27.3 Å². The van der Waals surface area contributed by atoms with Crippen LogP contribution in [0.3, 0.4) is 0 Å². The number of carbonyl (C=O) groups is 1. The summed E-state index contributed by atoms with van der Waals surface area (Å²) in [5.41, 5.74) is 9.32.